The Bertz CT molecular complexity index is 1080. The van der Waals surface area contributed by atoms with Crippen LogP contribution >= 0.6 is 0 Å². The number of phenols is 1. The van der Waals surface area contributed by atoms with Crippen LogP contribution in [0, 0.1) is 6.92 Å². The highest BCUT2D eigenvalue weighted by Gasteiger charge is 2.40. The number of aryl methyl sites for hydroxylation is 1. The van der Waals surface area contributed by atoms with Crippen LogP contribution in [0.3, 0.4) is 0 Å². The van der Waals surface area contributed by atoms with Gasteiger partial charge in [-0.2, -0.15) is 0 Å². The van der Waals surface area contributed by atoms with Crippen molar-refractivity contribution in [1.82, 2.24) is 10.2 Å². The van der Waals surface area contributed by atoms with Crippen LogP contribution in [0.4, 0.5) is 0 Å². The second-order valence-corrected chi connectivity index (χ2v) is 9.18. The van der Waals surface area contributed by atoms with Crippen molar-refractivity contribution in [3.05, 3.63) is 101 Å². The molecule has 3 aromatic carbocycles. The average Bonchev–Trinajstić information content (AvgIpc) is 2.82. The van der Waals surface area contributed by atoms with E-state index in [1.54, 1.807) is 6.07 Å². The van der Waals surface area contributed by atoms with Crippen molar-refractivity contribution in [3.8, 4) is 5.75 Å². The molecule has 2 aliphatic rings. The molecule has 1 saturated heterocycles. The summed E-state index contributed by atoms with van der Waals surface area (Å²) in [5.41, 5.74) is 5.59. The SMILES string of the molecule is Cc1ccc(C2=NC3(CCN(Cc4ccccc4)CC3)N[C@H](c3ccccc3O)C2)cc1. The molecule has 2 N–H and O–H groups in total. The third kappa shape index (κ3) is 4.47. The van der Waals surface area contributed by atoms with Crippen molar-refractivity contribution >= 4 is 5.71 Å². The van der Waals surface area contributed by atoms with Crippen LogP contribution in [-0.2, 0) is 6.54 Å². The lowest BCUT2D eigenvalue weighted by Crippen LogP contribution is -2.55. The number of phenolic OH excluding ortho intramolecular Hbond substituents is 1. The van der Waals surface area contributed by atoms with E-state index in [0.29, 0.717) is 5.75 Å². The number of nitrogens with zero attached hydrogens (tertiary/aromatic N) is 2. The number of aliphatic imine (C=N–C) groups is 1. The van der Waals surface area contributed by atoms with E-state index in [4.69, 9.17) is 4.99 Å². The normalized spacial score (nSPS) is 20.8. The fourth-order valence-electron chi connectivity index (χ4n) is 4.98. The predicted octanol–water partition coefficient (Wildman–Crippen LogP) is 5.22. The molecule has 0 unspecified atom stereocenters. The smallest absolute Gasteiger partial charge is 0.120 e. The van der Waals surface area contributed by atoms with Gasteiger partial charge in [0, 0.05) is 43.4 Å². The van der Waals surface area contributed by atoms with Crippen LogP contribution in [0.25, 0.3) is 0 Å². The summed E-state index contributed by atoms with van der Waals surface area (Å²) < 4.78 is 0. The van der Waals surface area contributed by atoms with Gasteiger partial charge in [0.25, 0.3) is 0 Å². The second-order valence-electron chi connectivity index (χ2n) is 9.18. The van der Waals surface area contributed by atoms with Crippen molar-refractivity contribution in [1.29, 1.82) is 0 Å². The molecular formula is C28H31N3O. The molecule has 0 bridgehead atoms. The maximum atomic E-state index is 10.6. The first-order chi connectivity index (χ1) is 15.6. The van der Waals surface area contributed by atoms with Crippen LogP contribution in [0.1, 0.15) is 47.6 Å². The number of hydrogen-bond donors (Lipinski definition) is 2. The Hall–Kier alpha value is -2.95. The zero-order valence-corrected chi connectivity index (χ0v) is 18.7. The van der Waals surface area contributed by atoms with Crippen LogP contribution in [0.5, 0.6) is 5.75 Å². The van der Waals surface area contributed by atoms with Crippen LogP contribution in [-0.4, -0.2) is 34.5 Å². The maximum absolute atomic E-state index is 10.6. The summed E-state index contributed by atoms with van der Waals surface area (Å²) in [4.78, 5) is 7.84. The first-order valence-electron chi connectivity index (χ1n) is 11.6. The molecule has 0 saturated carbocycles. The number of nitrogens with one attached hydrogen (secondary N) is 1. The molecule has 5 rings (SSSR count). The minimum Gasteiger partial charge on any atom is -0.508 e. The van der Waals surface area contributed by atoms with Crippen LogP contribution < -0.4 is 5.32 Å². The third-order valence-electron chi connectivity index (χ3n) is 6.82. The Balaban J connectivity index is 1.41. The van der Waals surface area contributed by atoms with E-state index in [2.05, 4.69) is 71.7 Å². The summed E-state index contributed by atoms with van der Waals surface area (Å²) in [6.45, 7) is 5.09. The van der Waals surface area contributed by atoms with Crippen molar-refractivity contribution in [2.45, 2.75) is 44.4 Å². The molecule has 1 spiro atoms. The van der Waals surface area contributed by atoms with Gasteiger partial charge in [-0.3, -0.25) is 15.2 Å². The molecule has 1 atom stereocenters. The van der Waals surface area contributed by atoms with Gasteiger partial charge in [-0.1, -0.05) is 78.4 Å². The Kier molecular flexibility index (Phi) is 5.81. The fraction of sp³-hybridized carbons (Fsp3) is 0.321. The van der Waals surface area contributed by atoms with E-state index in [1.807, 2.05) is 18.2 Å². The second kappa shape index (κ2) is 8.89. The number of para-hydroxylation sites is 1. The van der Waals surface area contributed by atoms with Crippen molar-refractivity contribution in [2.24, 2.45) is 4.99 Å². The maximum Gasteiger partial charge on any atom is 0.120 e. The Morgan fingerprint density at radius 1 is 0.938 bits per heavy atom. The lowest BCUT2D eigenvalue weighted by molar-refractivity contribution is 0.120. The zero-order valence-electron chi connectivity index (χ0n) is 18.7. The van der Waals surface area contributed by atoms with E-state index in [0.717, 1.165) is 50.2 Å². The Labute approximate surface area is 190 Å². The molecule has 2 aliphatic heterocycles. The molecule has 3 aromatic rings. The number of aromatic hydroxyl groups is 1. The van der Waals surface area contributed by atoms with Gasteiger partial charge in [-0.25, -0.2) is 0 Å². The quantitative estimate of drug-likeness (QED) is 0.603. The summed E-state index contributed by atoms with van der Waals surface area (Å²) in [5, 5.41) is 14.4. The Morgan fingerprint density at radius 2 is 1.62 bits per heavy atom. The van der Waals surface area contributed by atoms with Gasteiger partial charge in [0.05, 0.1) is 0 Å². The number of benzene rings is 3. The molecule has 0 aromatic heterocycles. The van der Waals surface area contributed by atoms with Crippen molar-refractivity contribution in [2.75, 3.05) is 13.1 Å². The van der Waals surface area contributed by atoms with Gasteiger partial charge < -0.3 is 5.11 Å². The van der Waals surface area contributed by atoms with Gasteiger partial charge in [0.2, 0.25) is 0 Å². The van der Waals surface area contributed by atoms with Gasteiger partial charge in [-0.05, 0) is 37.0 Å². The molecule has 0 radical (unpaired) electrons. The van der Waals surface area contributed by atoms with Gasteiger partial charge in [-0.15, -0.1) is 0 Å². The highest BCUT2D eigenvalue weighted by molar-refractivity contribution is 6.01. The minimum atomic E-state index is -0.293. The van der Waals surface area contributed by atoms with Crippen molar-refractivity contribution < 1.29 is 5.11 Å². The van der Waals surface area contributed by atoms with Crippen LogP contribution in [0.2, 0.25) is 0 Å². The molecule has 4 nitrogen and oxygen atoms in total. The van der Waals surface area contributed by atoms with E-state index in [9.17, 15) is 5.11 Å². The first-order valence-corrected chi connectivity index (χ1v) is 11.6. The first kappa shape index (κ1) is 20.9. The molecule has 32 heavy (non-hydrogen) atoms. The molecular weight excluding hydrogens is 394 g/mol. The average molecular weight is 426 g/mol. The summed E-state index contributed by atoms with van der Waals surface area (Å²) in [7, 11) is 0. The number of rotatable bonds is 4. The third-order valence-corrected chi connectivity index (χ3v) is 6.82. The molecule has 1 fully saturated rings. The topological polar surface area (TPSA) is 47.9 Å². The van der Waals surface area contributed by atoms with Gasteiger partial charge >= 0.3 is 0 Å². The number of hydrogen-bond acceptors (Lipinski definition) is 4. The van der Waals surface area contributed by atoms with Crippen molar-refractivity contribution in [3.63, 3.8) is 0 Å². The zero-order chi connectivity index (χ0) is 22.0. The monoisotopic (exact) mass is 425 g/mol. The van der Waals surface area contributed by atoms with E-state index >= 15 is 0 Å². The van der Waals surface area contributed by atoms with Gasteiger partial charge in [0.15, 0.2) is 0 Å². The number of piperidine rings is 1. The lowest BCUT2D eigenvalue weighted by atomic mass is 9.87. The molecule has 0 aliphatic carbocycles. The predicted molar refractivity (Wildman–Crippen MR) is 130 cm³/mol. The van der Waals surface area contributed by atoms with E-state index < -0.39 is 0 Å². The van der Waals surface area contributed by atoms with E-state index in [1.165, 1.54) is 16.7 Å². The standard InChI is InChI=1S/C28H31N3O/c1-21-11-13-23(14-12-21)25-19-26(24-9-5-6-10-27(24)32)30-28(29-25)15-17-31(18-16-28)20-22-7-3-2-4-8-22/h2-14,26,30,32H,15-20H2,1H3/t26-/m0/s1. The number of likely N-dealkylation sites (tertiary alicyclic amines) is 1. The summed E-state index contributed by atoms with van der Waals surface area (Å²) in [6, 6.07) is 27.1. The Morgan fingerprint density at radius 3 is 2.34 bits per heavy atom. The van der Waals surface area contributed by atoms with E-state index in [-0.39, 0.29) is 11.7 Å². The summed E-state index contributed by atoms with van der Waals surface area (Å²) in [5.74, 6) is 0.354. The molecule has 2 heterocycles. The fourth-order valence-corrected chi connectivity index (χ4v) is 4.98. The summed E-state index contributed by atoms with van der Waals surface area (Å²) >= 11 is 0. The molecule has 0 amide bonds. The molecule has 164 valence electrons. The largest absolute Gasteiger partial charge is 0.508 e. The summed E-state index contributed by atoms with van der Waals surface area (Å²) in [6.07, 6.45) is 2.69. The molecule has 4 heteroatoms. The van der Waals surface area contributed by atoms with Crippen LogP contribution in [0.15, 0.2) is 83.9 Å². The highest BCUT2D eigenvalue weighted by Crippen LogP contribution is 2.37. The van der Waals surface area contributed by atoms with Gasteiger partial charge in [0.1, 0.15) is 11.4 Å². The highest BCUT2D eigenvalue weighted by atomic mass is 16.3. The lowest BCUT2D eigenvalue weighted by Gasteiger charge is -2.45. The minimum absolute atomic E-state index is 0.0469.